The Morgan fingerprint density at radius 1 is 0.333 bits per heavy atom. The molecule has 1 saturated carbocycles. The van der Waals surface area contributed by atoms with Crippen molar-refractivity contribution in [3.8, 4) is 0 Å². The van der Waals surface area contributed by atoms with Crippen molar-refractivity contribution in [2.24, 2.45) is 80.8 Å². The molecule has 1 aliphatic rings. The van der Waals surface area contributed by atoms with E-state index in [1.807, 2.05) is 115 Å². The van der Waals surface area contributed by atoms with E-state index in [9.17, 15) is 33.6 Å². The summed E-state index contributed by atoms with van der Waals surface area (Å²) < 4.78 is 0. The summed E-state index contributed by atoms with van der Waals surface area (Å²) in [6, 6.07) is 1.68. The van der Waals surface area contributed by atoms with Gasteiger partial charge in [-0.15, -0.1) is 19.7 Å². The van der Waals surface area contributed by atoms with Gasteiger partial charge in [-0.05, 0) is 220 Å². The zero-order valence-electron chi connectivity index (χ0n) is 75.8. The molecule has 0 aromatic rings. The number of nitrogens with one attached hydrogen (secondary N) is 7. The van der Waals surface area contributed by atoms with Crippen LogP contribution in [0.3, 0.4) is 0 Å². The van der Waals surface area contributed by atoms with Gasteiger partial charge in [-0.3, -0.25) is 33.6 Å². The van der Waals surface area contributed by atoms with E-state index >= 15 is 0 Å². The number of amides is 7. The first-order valence-corrected chi connectivity index (χ1v) is 42.1. The van der Waals surface area contributed by atoms with Crippen LogP contribution in [0.15, 0.2) is 38.0 Å². The van der Waals surface area contributed by atoms with Gasteiger partial charge >= 0.3 is 0 Å². The lowest BCUT2D eigenvalue weighted by Gasteiger charge is -2.30. The SMILES string of the molecule is C=CCCC(C(=O)NC(C)C)C(C)(C)C.C=CCCC(C(=O)NC(C)C)C(C)C.C=CCCC(CC(C)(C)C)C(=O)NC(C)C.CCCC(CC(C)(C)C)C(=O)NC(C)C.CCCC(CC1CCCC1)C(=O)NC(C)C.CCCCC(C(=O)NC(C)C)C(C)(C)C.CCCCC(C(=O)NC(C)C)C(C)C. The van der Waals surface area contributed by atoms with Crippen LogP contribution in [0.1, 0.15) is 383 Å². The van der Waals surface area contributed by atoms with Gasteiger partial charge in [0.05, 0.1) is 0 Å². The highest BCUT2D eigenvalue weighted by molar-refractivity contribution is 5.82. The smallest absolute Gasteiger partial charge is 0.223 e. The molecule has 14 nitrogen and oxygen atoms in total. The molecule has 105 heavy (non-hydrogen) atoms. The van der Waals surface area contributed by atoms with Crippen molar-refractivity contribution in [3.63, 3.8) is 0 Å². The quantitative estimate of drug-likeness (QED) is 0.0297. The molecule has 1 fully saturated rings. The van der Waals surface area contributed by atoms with E-state index in [4.69, 9.17) is 0 Å². The third kappa shape index (κ3) is 67.4. The van der Waals surface area contributed by atoms with Gasteiger partial charge in [-0.1, -0.05) is 221 Å². The molecule has 0 spiro atoms. The number of carbonyl (C=O) groups excluding carboxylic acids is 7. The van der Waals surface area contributed by atoms with Crippen LogP contribution in [-0.2, 0) is 33.6 Å². The van der Waals surface area contributed by atoms with E-state index in [1.165, 1.54) is 25.7 Å². The molecule has 1 rings (SSSR count). The zero-order valence-corrected chi connectivity index (χ0v) is 75.8. The zero-order chi connectivity index (χ0) is 83.2. The maximum absolute atomic E-state index is 12.0. The summed E-state index contributed by atoms with van der Waals surface area (Å²) in [5, 5.41) is 21.0. The third-order valence-corrected chi connectivity index (χ3v) is 18.0. The van der Waals surface area contributed by atoms with E-state index in [0.717, 1.165) is 128 Å². The fourth-order valence-electron chi connectivity index (χ4n) is 12.8. The van der Waals surface area contributed by atoms with Crippen LogP contribution in [0, 0.1) is 80.8 Å². The maximum atomic E-state index is 12.0. The van der Waals surface area contributed by atoms with Crippen molar-refractivity contribution in [2.45, 2.75) is 425 Å². The monoisotopic (exact) mass is 1480 g/mol. The minimum absolute atomic E-state index is 0.0159. The topological polar surface area (TPSA) is 204 Å². The molecule has 622 valence electrons. The van der Waals surface area contributed by atoms with Crippen molar-refractivity contribution in [1.29, 1.82) is 0 Å². The van der Waals surface area contributed by atoms with E-state index in [2.05, 4.69) is 195 Å². The van der Waals surface area contributed by atoms with E-state index in [1.54, 1.807) is 0 Å². The Kier molecular flexibility index (Phi) is 66.1. The first kappa shape index (κ1) is 111. The molecule has 1 aliphatic carbocycles. The first-order chi connectivity index (χ1) is 48.2. The van der Waals surface area contributed by atoms with Crippen molar-refractivity contribution in [1.82, 2.24) is 37.2 Å². The maximum Gasteiger partial charge on any atom is 0.223 e. The summed E-state index contributed by atoms with van der Waals surface area (Å²) in [5.74, 6) is 4.20. The van der Waals surface area contributed by atoms with Crippen molar-refractivity contribution < 1.29 is 33.6 Å². The Morgan fingerprint density at radius 3 is 0.895 bits per heavy atom. The summed E-state index contributed by atoms with van der Waals surface area (Å²) in [7, 11) is 0. The molecule has 7 unspecified atom stereocenters. The fourth-order valence-corrected chi connectivity index (χ4v) is 12.8. The van der Waals surface area contributed by atoms with Crippen LogP contribution in [-0.4, -0.2) is 83.6 Å². The van der Waals surface area contributed by atoms with Gasteiger partial charge in [0.2, 0.25) is 41.4 Å². The minimum Gasteiger partial charge on any atom is -0.354 e. The molecular weight excluding hydrogens is 1300 g/mol. The normalized spacial score (nSPS) is 14.5. The second-order valence-electron chi connectivity index (χ2n) is 37.6. The van der Waals surface area contributed by atoms with Crippen LogP contribution in [0.4, 0.5) is 0 Å². The summed E-state index contributed by atoms with van der Waals surface area (Å²) in [4.78, 5) is 83.4. The van der Waals surface area contributed by atoms with E-state index in [0.29, 0.717) is 11.8 Å². The van der Waals surface area contributed by atoms with Crippen molar-refractivity contribution >= 4 is 41.4 Å². The predicted molar refractivity (Wildman–Crippen MR) is 458 cm³/mol. The number of unbranched alkanes of at least 4 members (excludes halogenated alkanes) is 2. The van der Waals surface area contributed by atoms with E-state index in [-0.39, 0.29) is 147 Å². The lowest BCUT2D eigenvalue weighted by molar-refractivity contribution is -0.130. The predicted octanol–water partition coefficient (Wildman–Crippen LogP) is 22.6. The summed E-state index contributed by atoms with van der Waals surface area (Å²) in [6.07, 6.45) is 30.3. The molecular formula is C91H181N7O7. The van der Waals surface area contributed by atoms with E-state index < -0.39 is 0 Å². The average molecular weight is 1490 g/mol. The summed E-state index contributed by atoms with van der Waals surface area (Å²) in [5.41, 5.74) is 0.504. The van der Waals surface area contributed by atoms with Crippen LogP contribution < -0.4 is 37.2 Å². The Labute approximate surface area is 653 Å². The van der Waals surface area contributed by atoms with Gasteiger partial charge < -0.3 is 37.2 Å². The molecule has 0 aromatic carbocycles. The standard InChI is InChI=1S/2C14H27NO.2C13H27NO.C13H25NO.C12H25NO.C12H23NO/c1-4-7-13(14(16)15-11(2)3)10-12-8-5-6-9-12;1-7-8-9-12(10-14(4,5)6)13(16)15-11(2)3;1-7-8-11(9-13(4,5)6)12(15)14-10(2)3;2*1-7-8-9-11(13(4,5)6)12(15)14-10(2)3;2*1-6-7-8-11(9(2)3)12(14)13-10(4)5/h11-13H,4-10H2,1-3H3,(H,15,16);7,11-12H,1,8-10H2,2-6H3,(H,15,16);2*10-11H,7-9H2,1-6H3,(H,14,15);7,10-11H,1,8-9H2,2-6H3,(H,14,15);9-11H,6-8H2,1-5H3,(H,13,14);6,9-11H,1,7-8H2,2-5H3,(H,13,14). The summed E-state index contributed by atoms with van der Waals surface area (Å²) >= 11 is 0. The highest BCUT2D eigenvalue weighted by atomic mass is 16.2. The molecule has 0 aliphatic heterocycles. The minimum atomic E-state index is 0.0159. The van der Waals surface area contributed by atoms with Gasteiger partial charge in [0.15, 0.2) is 0 Å². The Morgan fingerprint density at radius 2 is 0.600 bits per heavy atom. The molecule has 0 heterocycles. The van der Waals surface area contributed by atoms with Crippen LogP contribution in [0.25, 0.3) is 0 Å². The molecule has 0 radical (unpaired) electrons. The van der Waals surface area contributed by atoms with Crippen LogP contribution in [0.5, 0.6) is 0 Å². The van der Waals surface area contributed by atoms with Gasteiger partial charge in [0.1, 0.15) is 0 Å². The Hall–Kier alpha value is -4.49. The number of hydrogen-bond acceptors (Lipinski definition) is 7. The fraction of sp³-hybridized carbons (Fsp3) is 0.857. The van der Waals surface area contributed by atoms with Gasteiger partial charge in [0.25, 0.3) is 0 Å². The molecule has 14 heteroatoms. The second kappa shape index (κ2) is 62.3. The molecule has 0 aromatic heterocycles. The van der Waals surface area contributed by atoms with Gasteiger partial charge in [-0.2, -0.15) is 0 Å². The first-order valence-electron chi connectivity index (χ1n) is 42.1. The molecule has 0 bridgehead atoms. The lowest BCUT2D eigenvalue weighted by Crippen LogP contribution is -2.41. The number of rotatable bonds is 39. The largest absolute Gasteiger partial charge is 0.354 e. The second-order valence-corrected chi connectivity index (χ2v) is 37.6. The van der Waals surface area contributed by atoms with Gasteiger partial charge in [-0.25, -0.2) is 0 Å². The van der Waals surface area contributed by atoms with Crippen molar-refractivity contribution in [3.05, 3.63) is 38.0 Å². The Balaban J connectivity index is -0.000000272. The molecule has 0 saturated heterocycles. The van der Waals surface area contributed by atoms with Crippen molar-refractivity contribution in [2.75, 3.05) is 0 Å². The highest BCUT2D eigenvalue weighted by Gasteiger charge is 2.33. The summed E-state index contributed by atoms with van der Waals surface area (Å²) in [6.45, 7) is 82.2. The average Bonchev–Trinajstić information content (AvgIpc) is 1.84. The van der Waals surface area contributed by atoms with Crippen LogP contribution in [0.2, 0.25) is 0 Å². The molecule has 7 atom stereocenters. The lowest BCUT2D eigenvalue weighted by atomic mass is 9.77. The van der Waals surface area contributed by atoms with Crippen LogP contribution >= 0.6 is 0 Å². The highest BCUT2D eigenvalue weighted by Crippen LogP contribution is 2.34. The number of allylic oxidation sites excluding steroid dienone is 3. The molecule has 7 amide bonds. The number of carbonyl (C=O) groups is 7. The molecule has 7 N–H and O–H groups in total. The third-order valence-electron chi connectivity index (χ3n) is 18.0. The Bertz CT molecular complexity index is 2250. The number of hydrogen-bond donors (Lipinski definition) is 7. The van der Waals surface area contributed by atoms with Gasteiger partial charge in [0, 0.05) is 83.7 Å².